The van der Waals surface area contributed by atoms with Gasteiger partial charge in [-0.3, -0.25) is 4.79 Å². The summed E-state index contributed by atoms with van der Waals surface area (Å²) >= 11 is 3.04. The first-order chi connectivity index (χ1) is 8.79. The van der Waals surface area contributed by atoms with Crippen LogP contribution in [0, 0.1) is 11.3 Å². The molecule has 3 nitrogen and oxygen atoms in total. The fraction of sp³-hybridized carbons (Fsp3) is 0.231. The Hall–Kier alpha value is -1.64. The second-order valence-electron chi connectivity index (χ2n) is 4.14. The SMILES string of the molecule is N#Cc1c(NC(=O)c2ccsc2)sc2c1CCC2. The summed E-state index contributed by atoms with van der Waals surface area (Å²) in [6.45, 7) is 0. The summed E-state index contributed by atoms with van der Waals surface area (Å²) in [4.78, 5) is 13.2. The highest BCUT2D eigenvalue weighted by Gasteiger charge is 2.23. The molecule has 0 bridgehead atoms. The minimum absolute atomic E-state index is 0.132. The van der Waals surface area contributed by atoms with Crippen LogP contribution in [0.5, 0.6) is 0 Å². The average Bonchev–Trinajstić information content (AvgIpc) is 3.04. The van der Waals surface area contributed by atoms with Crippen molar-refractivity contribution < 1.29 is 4.79 Å². The molecule has 0 aliphatic heterocycles. The van der Waals surface area contributed by atoms with Gasteiger partial charge in [-0.1, -0.05) is 0 Å². The molecule has 2 heterocycles. The number of aryl methyl sites for hydroxylation is 1. The van der Waals surface area contributed by atoms with Gasteiger partial charge in [-0.05, 0) is 36.3 Å². The largest absolute Gasteiger partial charge is 0.312 e. The Morgan fingerprint density at radius 3 is 3.06 bits per heavy atom. The van der Waals surface area contributed by atoms with Crippen molar-refractivity contribution >= 4 is 33.6 Å². The molecule has 1 aliphatic rings. The summed E-state index contributed by atoms with van der Waals surface area (Å²) in [5.74, 6) is -0.132. The summed E-state index contributed by atoms with van der Waals surface area (Å²) in [6, 6.07) is 4.01. The van der Waals surface area contributed by atoms with Crippen molar-refractivity contribution in [2.24, 2.45) is 0 Å². The third-order valence-electron chi connectivity index (χ3n) is 3.04. The number of anilines is 1. The molecular weight excluding hydrogens is 264 g/mol. The zero-order chi connectivity index (χ0) is 12.5. The summed E-state index contributed by atoms with van der Waals surface area (Å²) in [6.07, 6.45) is 3.11. The van der Waals surface area contributed by atoms with E-state index in [1.807, 2.05) is 10.8 Å². The van der Waals surface area contributed by atoms with Crippen molar-refractivity contribution in [3.05, 3.63) is 38.4 Å². The molecule has 1 amide bonds. The fourth-order valence-corrected chi connectivity index (χ4v) is 4.05. The zero-order valence-corrected chi connectivity index (χ0v) is 11.2. The molecular formula is C13H10N2OS2. The van der Waals surface area contributed by atoms with Gasteiger partial charge in [-0.15, -0.1) is 11.3 Å². The van der Waals surface area contributed by atoms with Crippen LogP contribution in [0.15, 0.2) is 16.8 Å². The number of hydrogen-bond acceptors (Lipinski definition) is 4. The zero-order valence-electron chi connectivity index (χ0n) is 9.53. The Labute approximate surface area is 113 Å². The van der Waals surface area contributed by atoms with Gasteiger partial charge < -0.3 is 5.32 Å². The molecule has 3 rings (SSSR count). The van der Waals surface area contributed by atoms with E-state index in [0.717, 1.165) is 24.8 Å². The minimum Gasteiger partial charge on any atom is -0.312 e. The maximum Gasteiger partial charge on any atom is 0.257 e. The van der Waals surface area contributed by atoms with Gasteiger partial charge in [-0.25, -0.2) is 0 Å². The van der Waals surface area contributed by atoms with Gasteiger partial charge in [0.25, 0.3) is 5.91 Å². The number of carbonyl (C=O) groups excluding carboxylic acids is 1. The van der Waals surface area contributed by atoms with Gasteiger partial charge in [0.1, 0.15) is 11.1 Å². The molecule has 18 heavy (non-hydrogen) atoms. The molecule has 1 N–H and O–H groups in total. The quantitative estimate of drug-likeness (QED) is 0.912. The standard InChI is InChI=1S/C13H10N2OS2/c14-6-10-9-2-1-3-11(9)18-13(10)15-12(16)8-4-5-17-7-8/h4-5,7H,1-3H2,(H,15,16). The van der Waals surface area contributed by atoms with E-state index in [9.17, 15) is 10.1 Å². The Balaban J connectivity index is 1.90. The molecule has 0 spiro atoms. The van der Waals surface area contributed by atoms with Crippen molar-refractivity contribution in [1.29, 1.82) is 5.26 Å². The summed E-state index contributed by atoms with van der Waals surface area (Å²) in [5.41, 5.74) is 2.46. The van der Waals surface area contributed by atoms with E-state index in [0.29, 0.717) is 16.1 Å². The lowest BCUT2D eigenvalue weighted by molar-refractivity contribution is 0.102. The molecule has 90 valence electrons. The van der Waals surface area contributed by atoms with Crippen LogP contribution in [-0.4, -0.2) is 5.91 Å². The fourth-order valence-electron chi connectivity index (χ4n) is 2.18. The van der Waals surface area contributed by atoms with Gasteiger partial charge in [0, 0.05) is 10.3 Å². The first-order valence-electron chi connectivity index (χ1n) is 5.68. The van der Waals surface area contributed by atoms with Crippen molar-refractivity contribution in [3.63, 3.8) is 0 Å². The lowest BCUT2D eigenvalue weighted by atomic mass is 10.1. The first-order valence-corrected chi connectivity index (χ1v) is 7.43. The lowest BCUT2D eigenvalue weighted by Crippen LogP contribution is -2.10. The number of amides is 1. The van der Waals surface area contributed by atoms with Crippen molar-refractivity contribution in [2.45, 2.75) is 19.3 Å². The molecule has 2 aromatic heterocycles. The molecule has 0 atom stereocenters. The highest BCUT2D eigenvalue weighted by Crippen LogP contribution is 2.38. The second kappa shape index (κ2) is 4.56. The van der Waals surface area contributed by atoms with E-state index < -0.39 is 0 Å². The number of thiophene rings is 2. The van der Waals surface area contributed by atoms with Gasteiger partial charge in [-0.2, -0.15) is 16.6 Å². The highest BCUT2D eigenvalue weighted by molar-refractivity contribution is 7.16. The number of fused-ring (bicyclic) bond motifs is 1. The predicted octanol–water partition coefficient (Wildman–Crippen LogP) is 3.42. The number of carbonyl (C=O) groups is 1. The van der Waals surface area contributed by atoms with Gasteiger partial charge in [0.15, 0.2) is 0 Å². The maximum absolute atomic E-state index is 12.0. The average molecular weight is 274 g/mol. The van der Waals surface area contributed by atoms with E-state index in [1.54, 1.807) is 17.4 Å². The molecule has 0 unspecified atom stereocenters. The Morgan fingerprint density at radius 1 is 1.44 bits per heavy atom. The van der Waals surface area contributed by atoms with E-state index in [1.165, 1.54) is 16.2 Å². The van der Waals surface area contributed by atoms with Crippen molar-refractivity contribution in [2.75, 3.05) is 5.32 Å². The van der Waals surface area contributed by atoms with Crippen LogP contribution in [0.25, 0.3) is 0 Å². The molecule has 0 radical (unpaired) electrons. The Bertz CT molecular complexity index is 635. The molecule has 2 aromatic rings. The van der Waals surface area contributed by atoms with Crippen LogP contribution >= 0.6 is 22.7 Å². The summed E-state index contributed by atoms with van der Waals surface area (Å²) in [5, 5.41) is 16.5. The molecule has 0 aromatic carbocycles. The number of rotatable bonds is 2. The first kappa shape index (κ1) is 11.5. The van der Waals surface area contributed by atoms with E-state index in [4.69, 9.17) is 0 Å². The molecule has 0 saturated heterocycles. The van der Waals surface area contributed by atoms with Crippen molar-refractivity contribution in [3.8, 4) is 6.07 Å². The molecule has 0 fully saturated rings. The van der Waals surface area contributed by atoms with Crippen LogP contribution < -0.4 is 5.32 Å². The lowest BCUT2D eigenvalue weighted by Gasteiger charge is -2.01. The van der Waals surface area contributed by atoms with Crippen LogP contribution in [0.3, 0.4) is 0 Å². The molecule has 1 aliphatic carbocycles. The van der Waals surface area contributed by atoms with E-state index >= 15 is 0 Å². The minimum atomic E-state index is -0.132. The second-order valence-corrected chi connectivity index (χ2v) is 6.02. The Kier molecular flexibility index (Phi) is 2.90. The van der Waals surface area contributed by atoms with Gasteiger partial charge in [0.05, 0.1) is 11.1 Å². The highest BCUT2D eigenvalue weighted by atomic mass is 32.1. The van der Waals surface area contributed by atoms with Crippen LogP contribution in [-0.2, 0) is 12.8 Å². The van der Waals surface area contributed by atoms with E-state index in [2.05, 4.69) is 11.4 Å². The normalized spacial score (nSPS) is 13.1. The van der Waals surface area contributed by atoms with Crippen LogP contribution in [0.2, 0.25) is 0 Å². The number of nitrogens with zero attached hydrogens (tertiary/aromatic N) is 1. The molecule has 5 heteroatoms. The van der Waals surface area contributed by atoms with Gasteiger partial charge in [0.2, 0.25) is 0 Å². The van der Waals surface area contributed by atoms with Crippen molar-refractivity contribution in [1.82, 2.24) is 0 Å². The third-order valence-corrected chi connectivity index (χ3v) is 4.93. The number of nitriles is 1. The predicted molar refractivity (Wildman–Crippen MR) is 73.3 cm³/mol. The summed E-state index contributed by atoms with van der Waals surface area (Å²) in [7, 11) is 0. The Morgan fingerprint density at radius 2 is 2.33 bits per heavy atom. The number of nitrogens with one attached hydrogen (secondary N) is 1. The summed E-state index contributed by atoms with van der Waals surface area (Å²) < 4.78 is 0. The van der Waals surface area contributed by atoms with E-state index in [-0.39, 0.29) is 5.91 Å². The monoisotopic (exact) mass is 274 g/mol. The molecule has 0 saturated carbocycles. The van der Waals surface area contributed by atoms with Crippen LogP contribution in [0.1, 0.15) is 32.8 Å². The smallest absolute Gasteiger partial charge is 0.257 e. The topological polar surface area (TPSA) is 52.9 Å². The maximum atomic E-state index is 12.0. The number of hydrogen-bond donors (Lipinski definition) is 1. The van der Waals surface area contributed by atoms with Crippen LogP contribution in [0.4, 0.5) is 5.00 Å². The third kappa shape index (κ3) is 1.84. The van der Waals surface area contributed by atoms with Gasteiger partial charge >= 0.3 is 0 Å².